The van der Waals surface area contributed by atoms with Crippen LogP contribution in [0, 0.1) is 0 Å². The average molecular weight is 739 g/mol. The number of carbonyl (C=O) groups is 1. The summed E-state index contributed by atoms with van der Waals surface area (Å²) >= 11 is 0. The van der Waals surface area contributed by atoms with Gasteiger partial charge in [-0.3, -0.25) is 4.79 Å². The zero-order valence-electron chi connectivity index (χ0n) is 35.0. The van der Waals surface area contributed by atoms with Crippen LogP contribution in [-0.4, -0.2) is 37.0 Å². The summed E-state index contributed by atoms with van der Waals surface area (Å²) in [7, 11) is 0. The number of rotatable bonds is 41. The van der Waals surface area contributed by atoms with Crippen LogP contribution in [0.1, 0.15) is 206 Å². The molecular formula is C49H86O4. The summed E-state index contributed by atoms with van der Waals surface area (Å²) in [5.74, 6) is -0.257. The highest BCUT2D eigenvalue weighted by Crippen LogP contribution is 2.14. The Hall–Kier alpha value is -2.17. The molecule has 1 unspecified atom stereocenters. The van der Waals surface area contributed by atoms with Gasteiger partial charge in [0.15, 0.2) is 0 Å². The molecule has 1 atom stereocenters. The van der Waals surface area contributed by atoms with Gasteiger partial charge in [0.1, 0.15) is 6.10 Å². The second kappa shape index (κ2) is 46.0. The lowest BCUT2D eigenvalue weighted by Gasteiger charge is -2.15. The number of esters is 1. The molecule has 53 heavy (non-hydrogen) atoms. The summed E-state index contributed by atoms with van der Waals surface area (Å²) in [6, 6.07) is 0. The van der Waals surface area contributed by atoms with E-state index < -0.39 is 6.10 Å². The third kappa shape index (κ3) is 44.1. The molecule has 0 saturated carbocycles. The molecule has 4 heteroatoms. The maximum Gasteiger partial charge on any atom is 0.306 e. The molecule has 0 aliphatic carbocycles. The van der Waals surface area contributed by atoms with E-state index in [-0.39, 0.29) is 19.2 Å². The van der Waals surface area contributed by atoms with Crippen molar-refractivity contribution in [2.45, 2.75) is 213 Å². The minimum Gasteiger partial charge on any atom is -0.457 e. The normalized spacial score (nSPS) is 13.0. The Morgan fingerprint density at radius 1 is 0.472 bits per heavy atom. The summed E-state index contributed by atoms with van der Waals surface area (Å²) in [6.45, 7) is 5.18. The van der Waals surface area contributed by atoms with Crippen LogP contribution in [0.2, 0.25) is 0 Å². The van der Waals surface area contributed by atoms with E-state index in [4.69, 9.17) is 9.47 Å². The van der Waals surface area contributed by atoms with Crippen molar-refractivity contribution in [3.63, 3.8) is 0 Å². The van der Waals surface area contributed by atoms with Crippen LogP contribution >= 0.6 is 0 Å². The first kappa shape index (κ1) is 50.8. The summed E-state index contributed by atoms with van der Waals surface area (Å²) in [4.78, 5) is 12.2. The Kier molecular flexibility index (Phi) is 44.1. The van der Waals surface area contributed by atoms with Gasteiger partial charge in [-0.15, -0.1) is 0 Å². The van der Waals surface area contributed by atoms with Crippen molar-refractivity contribution in [3.8, 4) is 0 Å². The molecule has 0 fully saturated rings. The fraction of sp³-hybridized carbons (Fsp3) is 0.735. The Labute approximate surface area is 329 Å². The van der Waals surface area contributed by atoms with Crippen LogP contribution in [0.15, 0.2) is 72.9 Å². The van der Waals surface area contributed by atoms with E-state index in [1.165, 1.54) is 135 Å². The molecule has 0 amide bonds. The molecule has 0 bridgehead atoms. The number of aliphatic hydroxyl groups excluding tert-OH is 1. The van der Waals surface area contributed by atoms with Gasteiger partial charge in [-0.25, -0.2) is 0 Å². The van der Waals surface area contributed by atoms with Gasteiger partial charge in [0.25, 0.3) is 0 Å². The minimum atomic E-state index is -0.567. The van der Waals surface area contributed by atoms with Crippen molar-refractivity contribution in [1.29, 1.82) is 0 Å². The van der Waals surface area contributed by atoms with Crippen LogP contribution in [0.4, 0.5) is 0 Å². The first-order valence-electron chi connectivity index (χ1n) is 22.5. The van der Waals surface area contributed by atoms with E-state index in [0.717, 1.165) is 51.4 Å². The van der Waals surface area contributed by atoms with Crippen LogP contribution in [-0.2, 0) is 14.3 Å². The number of carbonyl (C=O) groups excluding carboxylic acids is 1. The number of ether oxygens (including phenoxy) is 2. The highest BCUT2D eigenvalue weighted by Gasteiger charge is 2.13. The molecule has 0 aliphatic rings. The lowest BCUT2D eigenvalue weighted by atomic mass is 10.0. The van der Waals surface area contributed by atoms with Crippen molar-refractivity contribution in [2.75, 3.05) is 19.8 Å². The lowest BCUT2D eigenvalue weighted by molar-refractivity contribution is -0.154. The Balaban J connectivity index is 3.48. The van der Waals surface area contributed by atoms with Crippen LogP contribution < -0.4 is 0 Å². The zero-order chi connectivity index (χ0) is 38.4. The first-order chi connectivity index (χ1) is 26.2. The predicted octanol–water partition coefficient (Wildman–Crippen LogP) is 15.0. The second-order valence-corrected chi connectivity index (χ2v) is 14.7. The third-order valence-electron chi connectivity index (χ3n) is 9.52. The highest BCUT2D eigenvalue weighted by atomic mass is 16.6. The molecule has 306 valence electrons. The summed E-state index contributed by atoms with van der Waals surface area (Å²) in [5, 5.41) is 9.60. The van der Waals surface area contributed by atoms with Gasteiger partial charge in [-0.1, -0.05) is 196 Å². The van der Waals surface area contributed by atoms with Crippen molar-refractivity contribution < 1.29 is 19.4 Å². The van der Waals surface area contributed by atoms with Crippen molar-refractivity contribution in [2.24, 2.45) is 0 Å². The molecule has 0 saturated heterocycles. The van der Waals surface area contributed by atoms with Crippen LogP contribution in [0.25, 0.3) is 0 Å². The van der Waals surface area contributed by atoms with Gasteiger partial charge >= 0.3 is 5.97 Å². The maximum absolute atomic E-state index is 12.2. The number of hydrogen-bond acceptors (Lipinski definition) is 4. The molecular weight excluding hydrogens is 653 g/mol. The van der Waals surface area contributed by atoms with Gasteiger partial charge in [0.05, 0.1) is 13.2 Å². The third-order valence-corrected chi connectivity index (χ3v) is 9.52. The summed E-state index contributed by atoms with van der Waals surface area (Å²) < 4.78 is 11.1. The monoisotopic (exact) mass is 739 g/mol. The quantitative estimate of drug-likeness (QED) is 0.0385. The molecule has 0 radical (unpaired) electrons. The molecule has 0 spiro atoms. The SMILES string of the molecule is CC/C=C\C/C=C\C/C=C\C/C=C\C/C=C\CCCC(=O)OC(CO)COCCCCCCCCCCCCCC/C=C\CCCCCCCCCC. The zero-order valence-corrected chi connectivity index (χ0v) is 35.0. The van der Waals surface area contributed by atoms with Gasteiger partial charge in [0.2, 0.25) is 0 Å². The van der Waals surface area contributed by atoms with E-state index in [1.807, 2.05) is 0 Å². The van der Waals surface area contributed by atoms with E-state index >= 15 is 0 Å². The average Bonchev–Trinajstić information content (AvgIpc) is 3.16. The highest BCUT2D eigenvalue weighted by molar-refractivity contribution is 5.69. The van der Waals surface area contributed by atoms with Gasteiger partial charge in [0, 0.05) is 13.0 Å². The lowest BCUT2D eigenvalue weighted by Crippen LogP contribution is -2.27. The largest absolute Gasteiger partial charge is 0.457 e. The van der Waals surface area contributed by atoms with E-state index in [1.54, 1.807) is 0 Å². The Morgan fingerprint density at radius 2 is 0.849 bits per heavy atom. The van der Waals surface area contributed by atoms with E-state index in [0.29, 0.717) is 13.0 Å². The summed E-state index contributed by atoms with van der Waals surface area (Å²) in [6.07, 6.45) is 62.7. The van der Waals surface area contributed by atoms with Gasteiger partial charge in [-0.2, -0.15) is 0 Å². The Morgan fingerprint density at radius 3 is 1.30 bits per heavy atom. The van der Waals surface area contributed by atoms with Crippen LogP contribution in [0.3, 0.4) is 0 Å². The standard InChI is InChI=1S/C49H86O4/c1-3-5-7-9-11-13-15-17-19-21-22-23-24-25-26-27-29-31-33-35-37-39-41-43-45-52-47-48(46-50)53-49(51)44-42-40-38-36-34-32-30-28-20-18-16-14-12-10-8-6-4-2/h6,8,12,14,18,20-22,30,32,36,38,48,50H,3-5,7,9-11,13,15-17,19,23-29,31,33-35,37,39-47H2,1-2H3/b8-6-,14-12-,20-18-,22-21-,32-30-,38-36-. The number of hydrogen-bond donors (Lipinski definition) is 1. The molecule has 0 heterocycles. The smallest absolute Gasteiger partial charge is 0.306 e. The molecule has 0 aromatic carbocycles. The van der Waals surface area contributed by atoms with E-state index in [9.17, 15) is 9.90 Å². The number of allylic oxidation sites excluding steroid dienone is 12. The second-order valence-electron chi connectivity index (χ2n) is 14.7. The van der Waals surface area contributed by atoms with E-state index in [2.05, 4.69) is 86.8 Å². The fourth-order valence-electron chi connectivity index (χ4n) is 6.18. The Bertz CT molecular complexity index is 911. The van der Waals surface area contributed by atoms with Gasteiger partial charge in [-0.05, 0) is 77.0 Å². The van der Waals surface area contributed by atoms with Crippen LogP contribution in [0.5, 0.6) is 0 Å². The van der Waals surface area contributed by atoms with Crippen molar-refractivity contribution in [1.82, 2.24) is 0 Å². The molecule has 0 aliphatic heterocycles. The van der Waals surface area contributed by atoms with Crippen molar-refractivity contribution >= 4 is 5.97 Å². The molecule has 1 N–H and O–H groups in total. The molecule has 0 rings (SSSR count). The molecule has 4 nitrogen and oxygen atoms in total. The maximum atomic E-state index is 12.2. The minimum absolute atomic E-state index is 0.197. The summed E-state index contributed by atoms with van der Waals surface area (Å²) in [5.41, 5.74) is 0. The molecule has 0 aromatic heterocycles. The predicted molar refractivity (Wildman–Crippen MR) is 232 cm³/mol. The van der Waals surface area contributed by atoms with Crippen molar-refractivity contribution in [3.05, 3.63) is 72.9 Å². The number of unbranched alkanes of at least 4 members (excludes halogenated alkanes) is 21. The molecule has 0 aromatic rings. The number of aliphatic hydroxyl groups is 1. The van der Waals surface area contributed by atoms with Gasteiger partial charge < -0.3 is 14.6 Å². The first-order valence-corrected chi connectivity index (χ1v) is 22.5. The fourth-order valence-corrected chi connectivity index (χ4v) is 6.18. The topological polar surface area (TPSA) is 55.8 Å².